The van der Waals surface area contributed by atoms with Crippen LogP contribution >= 0.6 is 54.2 Å². The summed E-state index contributed by atoms with van der Waals surface area (Å²) < 4.78 is 26.4. The lowest BCUT2D eigenvalue weighted by Crippen LogP contribution is -1.96. The fourth-order valence-electron chi connectivity index (χ4n) is 1.05. The summed E-state index contributed by atoms with van der Waals surface area (Å²) in [4.78, 5) is 0. The molecule has 19 heavy (non-hydrogen) atoms. The summed E-state index contributed by atoms with van der Waals surface area (Å²) in [6, 6.07) is 2.96. The number of hydrogen-bond donors (Lipinski definition) is 0. The molecule has 0 bridgehead atoms. The molecule has 0 heterocycles. The highest BCUT2D eigenvalue weighted by molar-refractivity contribution is 7.48. The quantitative estimate of drug-likeness (QED) is 0.371. The second-order valence-electron chi connectivity index (χ2n) is 3.13. The molecule has 1 rings (SSSR count). The number of phosphoric ester groups is 1. The summed E-state index contributed by atoms with van der Waals surface area (Å²) in [6.45, 7) is -0.128. The lowest BCUT2D eigenvalue weighted by molar-refractivity contribution is 0.158. The molecule has 0 saturated carbocycles. The third-order valence-corrected chi connectivity index (χ3v) is 4.38. The van der Waals surface area contributed by atoms with Gasteiger partial charge in [0, 0.05) is 17.7 Å². The third kappa shape index (κ3) is 5.16. The Hall–Kier alpha value is 0.0700. The maximum Gasteiger partial charge on any atom is 0.529 e. The van der Waals surface area contributed by atoms with Crippen molar-refractivity contribution in [3.63, 3.8) is 0 Å². The van der Waals surface area contributed by atoms with Crippen LogP contribution in [0.1, 0.15) is 5.56 Å². The first kappa shape index (κ1) is 17.1. The van der Waals surface area contributed by atoms with Gasteiger partial charge in [-0.3, -0.25) is 9.05 Å². The van der Waals surface area contributed by atoms with Crippen LogP contribution in [0.5, 0.6) is 0 Å². The molecule has 0 N–H and O–H groups in total. The second kappa shape index (κ2) is 7.75. The minimum absolute atomic E-state index is 0.128. The van der Waals surface area contributed by atoms with Crippen LogP contribution in [0, 0.1) is 0 Å². The van der Waals surface area contributed by atoms with Gasteiger partial charge in [-0.05, 0) is 17.7 Å². The molecule has 1 atom stereocenters. The summed E-state index contributed by atoms with van der Waals surface area (Å²) in [5, 5.41) is 0.940. The standard InChI is InChI=1S/C10H9Cl4O4P/c1-16-19(15,17-3-2-11)18-6-7-4-9(13)10(14)5-8(7)12/h2-5H,6H2,1H3/b3-2+. The summed E-state index contributed by atoms with van der Waals surface area (Å²) in [6.07, 6.45) is 0.988. The number of rotatable bonds is 6. The van der Waals surface area contributed by atoms with Gasteiger partial charge >= 0.3 is 7.82 Å². The van der Waals surface area contributed by atoms with Gasteiger partial charge in [-0.15, -0.1) is 0 Å². The second-order valence-corrected chi connectivity index (χ2v) is 6.33. The summed E-state index contributed by atoms with van der Waals surface area (Å²) >= 11 is 22.8. The van der Waals surface area contributed by atoms with E-state index < -0.39 is 7.82 Å². The van der Waals surface area contributed by atoms with E-state index in [-0.39, 0.29) is 6.61 Å². The van der Waals surface area contributed by atoms with E-state index in [1.807, 2.05) is 0 Å². The predicted molar refractivity (Wildman–Crippen MR) is 77.0 cm³/mol. The fraction of sp³-hybridized carbons (Fsp3) is 0.200. The van der Waals surface area contributed by atoms with Crippen molar-refractivity contribution < 1.29 is 18.1 Å². The Balaban J connectivity index is 2.80. The van der Waals surface area contributed by atoms with Crippen molar-refractivity contribution in [2.45, 2.75) is 6.61 Å². The molecule has 0 aliphatic heterocycles. The Morgan fingerprint density at radius 1 is 1.21 bits per heavy atom. The first-order valence-electron chi connectivity index (χ1n) is 4.79. The molecule has 0 fully saturated rings. The van der Waals surface area contributed by atoms with E-state index in [0.29, 0.717) is 20.6 Å². The molecule has 0 aliphatic rings. The van der Waals surface area contributed by atoms with Crippen molar-refractivity contribution >= 4 is 54.2 Å². The largest absolute Gasteiger partial charge is 0.529 e. The van der Waals surface area contributed by atoms with E-state index >= 15 is 0 Å². The fourth-order valence-corrected chi connectivity index (χ4v) is 2.55. The predicted octanol–water partition coefficient (Wildman–Crippen LogP) is 5.64. The highest BCUT2D eigenvalue weighted by Gasteiger charge is 2.25. The smallest absolute Gasteiger partial charge is 0.411 e. The molecule has 0 amide bonds. The van der Waals surface area contributed by atoms with Gasteiger partial charge in [-0.2, -0.15) is 0 Å². The van der Waals surface area contributed by atoms with Gasteiger partial charge in [0.05, 0.1) is 16.7 Å². The van der Waals surface area contributed by atoms with Gasteiger partial charge in [-0.25, -0.2) is 4.57 Å². The molecule has 4 nitrogen and oxygen atoms in total. The topological polar surface area (TPSA) is 44.8 Å². The lowest BCUT2D eigenvalue weighted by Gasteiger charge is -2.14. The van der Waals surface area contributed by atoms with E-state index in [1.165, 1.54) is 19.2 Å². The first-order chi connectivity index (χ1) is 8.91. The van der Waals surface area contributed by atoms with Gasteiger partial charge in [0.15, 0.2) is 0 Å². The zero-order valence-corrected chi connectivity index (χ0v) is 13.5. The highest BCUT2D eigenvalue weighted by atomic mass is 35.5. The average Bonchev–Trinajstić information content (AvgIpc) is 2.39. The van der Waals surface area contributed by atoms with Crippen LogP contribution < -0.4 is 0 Å². The van der Waals surface area contributed by atoms with Gasteiger partial charge in [0.2, 0.25) is 0 Å². The Labute approximate surface area is 130 Å². The van der Waals surface area contributed by atoms with Crippen molar-refractivity contribution in [3.8, 4) is 0 Å². The maximum atomic E-state index is 11.9. The normalized spacial score (nSPS) is 14.6. The Morgan fingerprint density at radius 3 is 2.42 bits per heavy atom. The number of halogens is 4. The van der Waals surface area contributed by atoms with E-state index in [2.05, 4.69) is 4.52 Å². The zero-order valence-electron chi connectivity index (χ0n) is 9.61. The molecule has 1 aromatic rings. The van der Waals surface area contributed by atoms with Crippen LogP contribution in [-0.2, 0) is 24.7 Å². The van der Waals surface area contributed by atoms with Crippen LogP contribution in [0.15, 0.2) is 23.9 Å². The summed E-state index contributed by atoms with van der Waals surface area (Å²) in [5.74, 6) is 0. The Kier molecular flexibility index (Phi) is 6.98. The van der Waals surface area contributed by atoms with Crippen molar-refractivity contribution in [3.05, 3.63) is 44.6 Å². The van der Waals surface area contributed by atoms with Crippen LogP contribution in [0.4, 0.5) is 0 Å². The summed E-state index contributed by atoms with van der Waals surface area (Å²) in [5.41, 5.74) is 1.52. The van der Waals surface area contributed by atoms with Gasteiger partial charge in [-0.1, -0.05) is 46.4 Å². The van der Waals surface area contributed by atoms with E-state index in [4.69, 9.17) is 55.5 Å². The van der Waals surface area contributed by atoms with Crippen LogP contribution in [0.3, 0.4) is 0 Å². The molecule has 1 aromatic carbocycles. The summed E-state index contributed by atoms with van der Waals surface area (Å²) in [7, 11) is -2.56. The average molecular weight is 366 g/mol. The number of phosphoric acid groups is 1. The SMILES string of the molecule is COP(=O)(O/C=C/Cl)OCc1cc(Cl)c(Cl)cc1Cl. The van der Waals surface area contributed by atoms with Crippen LogP contribution in [0.25, 0.3) is 0 Å². The van der Waals surface area contributed by atoms with Gasteiger partial charge < -0.3 is 4.52 Å². The molecule has 9 heteroatoms. The van der Waals surface area contributed by atoms with E-state index in [1.54, 1.807) is 0 Å². The number of benzene rings is 1. The monoisotopic (exact) mass is 364 g/mol. The van der Waals surface area contributed by atoms with Gasteiger partial charge in [0.1, 0.15) is 6.26 Å². The lowest BCUT2D eigenvalue weighted by atomic mass is 10.2. The molecule has 0 aliphatic carbocycles. The van der Waals surface area contributed by atoms with Crippen molar-refractivity contribution in [1.29, 1.82) is 0 Å². The van der Waals surface area contributed by atoms with Crippen molar-refractivity contribution in [2.24, 2.45) is 0 Å². The number of hydrogen-bond acceptors (Lipinski definition) is 4. The first-order valence-corrected chi connectivity index (χ1v) is 7.82. The molecule has 0 spiro atoms. The minimum atomic E-state index is -3.74. The molecule has 0 radical (unpaired) electrons. The highest BCUT2D eigenvalue weighted by Crippen LogP contribution is 2.50. The molecule has 0 saturated heterocycles. The molecule has 106 valence electrons. The third-order valence-electron chi connectivity index (χ3n) is 1.93. The van der Waals surface area contributed by atoms with Gasteiger partial charge in [0.25, 0.3) is 0 Å². The molecule has 0 aromatic heterocycles. The van der Waals surface area contributed by atoms with Crippen LogP contribution in [0.2, 0.25) is 15.1 Å². The molecular formula is C10H9Cl4O4P. The maximum absolute atomic E-state index is 11.9. The minimum Gasteiger partial charge on any atom is -0.411 e. The Bertz CT molecular complexity index is 520. The van der Waals surface area contributed by atoms with Crippen molar-refractivity contribution in [2.75, 3.05) is 7.11 Å². The molecule has 1 unspecified atom stereocenters. The Morgan fingerprint density at radius 2 is 1.84 bits per heavy atom. The zero-order chi connectivity index (χ0) is 14.5. The van der Waals surface area contributed by atoms with Crippen LogP contribution in [-0.4, -0.2) is 7.11 Å². The molecular weight excluding hydrogens is 357 g/mol. The van der Waals surface area contributed by atoms with E-state index in [9.17, 15) is 4.57 Å². The van der Waals surface area contributed by atoms with E-state index in [0.717, 1.165) is 11.8 Å². The van der Waals surface area contributed by atoms with Crippen molar-refractivity contribution in [1.82, 2.24) is 0 Å².